The Morgan fingerprint density at radius 3 is 2.34 bits per heavy atom. The molecule has 0 radical (unpaired) electrons. The molecular formula is C26H35ClN2O5Si. The van der Waals surface area contributed by atoms with Gasteiger partial charge in [0.25, 0.3) is 0 Å². The Morgan fingerprint density at radius 1 is 1.17 bits per heavy atom. The lowest BCUT2D eigenvalue weighted by Crippen LogP contribution is -2.49. The average molecular weight is 519 g/mol. The summed E-state index contributed by atoms with van der Waals surface area (Å²) in [5, 5.41) is 10.6. The van der Waals surface area contributed by atoms with E-state index in [0.29, 0.717) is 30.0 Å². The third kappa shape index (κ3) is 6.23. The molecular weight excluding hydrogens is 484 g/mol. The molecule has 1 aromatic heterocycles. The predicted molar refractivity (Wildman–Crippen MR) is 138 cm³/mol. The highest BCUT2D eigenvalue weighted by atomic mass is 35.5. The lowest BCUT2D eigenvalue weighted by atomic mass is 10.0. The van der Waals surface area contributed by atoms with E-state index in [1.165, 1.54) is 7.11 Å². The summed E-state index contributed by atoms with van der Waals surface area (Å²) < 4.78 is 11.6. The van der Waals surface area contributed by atoms with Crippen molar-refractivity contribution in [1.29, 1.82) is 0 Å². The fraction of sp³-hybridized carbons (Fsp3) is 0.500. The third-order valence-electron chi connectivity index (χ3n) is 7.27. The Labute approximate surface area is 213 Å². The van der Waals surface area contributed by atoms with Crippen LogP contribution in [0.2, 0.25) is 23.3 Å². The van der Waals surface area contributed by atoms with Crippen molar-refractivity contribution in [2.75, 3.05) is 7.11 Å². The Hall–Kier alpha value is -2.42. The molecule has 1 unspecified atom stereocenters. The number of nitrogens with zero attached hydrogens (tertiary/aromatic N) is 2. The van der Waals surface area contributed by atoms with Crippen molar-refractivity contribution in [3.8, 4) is 0 Å². The van der Waals surface area contributed by atoms with Crippen LogP contribution in [0, 0.1) is 0 Å². The van der Waals surface area contributed by atoms with Gasteiger partial charge in [0.15, 0.2) is 8.32 Å². The number of carbonyl (C=O) groups excluding carboxylic acids is 1. The van der Waals surface area contributed by atoms with Crippen molar-refractivity contribution in [3.63, 3.8) is 0 Å². The van der Waals surface area contributed by atoms with E-state index < -0.39 is 26.5 Å². The molecule has 1 aliphatic rings. The van der Waals surface area contributed by atoms with Gasteiger partial charge in [0.1, 0.15) is 5.15 Å². The molecule has 190 valence electrons. The van der Waals surface area contributed by atoms with Gasteiger partial charge >= 0.3 is 12.1 Å². The molecule has 7 nitrogen and oxygen atoms in total. The number of carbonyl (C=O) groups is 2. The van der Waals surface area contributed by atoms with Crippen molar-refractivity contribution in [2.24, 2.45) is 0 Å². The van der Waals surface area contributed by atoms with Gasteiger partial charge in [-0.1, -0.05) is 50.6 Å². The first-order chi connectivity index (χ1) is 16.3. The van der Waals surface area contributed by atoms with Crippen LogP contribution < -0.4 is 0 Å². The highest BCUT2D eigenvalue weighted by Gasteiger charge is 2.46. The molecule has 1 saturated heterocycles. The highest BCUT2D eigenvalue weighted by Crippen LogP contribution is 2.44. The minimum atomic E-state index is -2.24. The number of halogens is 1. The number of esters is 1. The van der Waals surface area contributed by atoms with Crippen molar-refractivity contribution in [3.05, 3.63) is 64.4 Å². The number of carboxylic acid groups (broad SMARTS) is 1. The molecule has 35 heavy (non-hydrogen) atoms. The topological polar surface area (TPSA) is 89.0 Å². The number of pyridine rings is 1. The largest absolute Gasteiger partial charge is 0.465 e. The third-order valence-corrected chi connectivity index (χ3v) is 11.9. The molecule has 1 fully saturated rings. The summed E-state index contributed by atoms with van der Waals surface area (Å²) in [5.41, 5.74) is 2.26. The van der Waals surface area contributed by atoms with Crippen molar-refractivity contribution < 1.29 is 23.9 Å². The summed E-state index contributed by atoms with van der Waals surface area (Å²) >= 11 is 6.04. The van der Waals surface area contributed by atoms with Crippen LogP contribution in [0.15, 0.2) is 42.6 Å². The Bertz CT molecular complexity index is 1040. The number of rotatable bonds is 7. The number of methoxy groups -OCH3 is 1. The number of hydrogen-bond donors (Lipinski definition) is 1. The second-order valence-corrected chi connectivity index (χ2v) is 15.7. The van der Waals surface area contributed by atoms with Crippen LogP contribution >= 0.6 is 11.6 Å². The van der Waals surface area contributed by atoms with E-state index in [2.05, 4.69) is 38.8 Å². The van der Waals surface area contributed by atoms with Crippen LogP contribution in [0.1, 0.15) is 61.2 Å². The van der Waals surface area contributed by atoms with Crippen LogP contribution in [-0.4, -0.2) is 54.6 Å². The number of hydrogen-bond acceptors (Lipinski definition) is 5. The Balaban J connectivity index is 1.90. The fourth-order valence-corrected chi connectivity index (χ4v) is 5.69. The molecule has 9 heteroatoms. The Morgan fingerprint density at radius 2 is 1.83 bits per heavy atom. The standard InChI is InChI=1S/C26H35ClN2O5Si/c1-26(2,3)35(5,6)34-23(19-11-14-22(27)28-16-19)21-13-12-20(29(21)25(31)32)15-17-7-9-18(10-8-17)24(30)33-4/h7-11,14,16,20-21,23H,12-13,15H2,1-6H3,(H,31,32)/t20-,21-,23?/m1/s1. The van der Waals surface area contributed by atoms with Gasteiger partial charge in [0.2, 0.25) is 0 Å². The van der Waals surface area contributed by atoms with Crippen LogP contribution in [0.4, 0.5) is 4.79 Å². The maximum atomic E-state index is 12.5. The molecule has 1 aromatic carbocycles. The number of amides is 1. The zero-order chi connectivity index (χ0) is 26.0. The second-order valence-electron chi connectivity index (χ2n) is 10.6. The molecule has 1 N–H and O–H groups in total. The molecule has 2 aromatic rings. The fourth-order valence-electron chi connectivity index (χ4n) is 4.29. The normalized spacial score (nSPS) is 19.5. The smallest absolute Gasteiger partial charge is 0.407 e. The van der Waals surface area contributed by atoms with Gasteiger partial charge in [-0.2, -0.15) is 0 Å². The van der Waals surface area contributed by atoms with Gasteiger partial charge in [-0.3, -0.25) is 4.90 Å². The second kappa shape index (κ2) is 10.7. The van der Waals surface area contributed by atoms with Gasteiger partial charge in [-0.15, -0.1) is 0 Å². The highest BCUT2D eigenvalue weighted by molar-refractivity contribution is 6.74. The number of aromatic nitrogens is 1. The Kier molecular flexibility index (Phi) is 8.29. The van der Waals surface area contributed by atoms with Crippen LogP contribution in [-0.2, 0) is 15.6 Å². The van der Waals surface area contributed by atoms with E-state index >= 15 is 0 Å². The SMILES string of the molecule is COC(=O)c1ccc(C[C@H]2CC[C@H](C(O[Si](C)(C)C(C)(C)C)c3ccc(Cl)nc3)N2C(=O)O)cc1. The minimum absolute atomic E-state index is 0.0431. The monoisotopic (exact) mass is 518 g/mol. The van der Waals surface area contributed by atoms with E-state index in [1.54, 1.807) is 29.3 Å². The van der Waals surface area contributed by atoms with Gasteiger partial charge in [0.05, 0.1) is 24.8 Å². The van der Waals surface area contributed by atoms with Gasteiger partial charge < -0.3 is 14.3 Å². The van der Waals surface area contributed by atoms with E-state index in [0.717, 1.165) is 11.1 Å². The quantitative estimate of drug-likeness (QED) is 0.261. The number of ether oxygens (including phenoxy) is 1. The maximum absolute atomic E-state index is 12.5. The first kappa shape index (κ1) is 27.2. The van der Waals surface area contributed by atoms with E-state index in [-0.39, 0.29) is 17.1 Å². The lowest BCUT2D eigenvalue weighted by molar-refractivity contribution is 0.0596. The predicted octanol–water partition coefficient (Wildman–Crippen LogP) is 6.34. The first-order valence-corrected chi connectivity index (χ1v) is 15.1. The molecule has 3 atom stereocenters. The maximum Gasteiger partial charge on any atom is 0.407 e. The zero-order valence-corrected chi connectivity index (χ0v) is 23.0. The summed E-state index contributed by atoms with van der Waals surface area (Å²) in [6.07, 6.45) is 2.24. The summed E-state index contributed by atoms with van der Waals surface area (Å²) in [6, 6.07) is 10.2. The van der Waals surface area contributed by atoms with Crippen molar-refractivity contribution in [2.45, 2.75) is 76.4 Å². The molecule has 0 bridgehead atoms. The number of likely N-dealkylation sites (tertiary alicyclic amines) is 1. The van der Waals surface area contributed by atoms with Crippen molar-refractivity contribution >= 4 is 32.0 Å². The summed E-state index contributed by atoms with van der Waals surface area (Å²) in [7, 11) is -0.892. The molecule has 1 amide bonds. The van der Waals surface area contributed by atoms with E-state index in [1.807, 2.05) is 18.2 Å². The van der Waals surface area contributed by atoms with Gasteiger partial charge in [0, 0.05) is 17.8 Å². The molecule has 0 spiro atoms. The lowest BCUT2D eigenvalue weighted by Gasteiger charge is -2.42. The van der Waals surface area contributed by atoms with Crippen LogP contribution in [0.25, 0.3) is 0 Å². The molecule has 2 heterocycles. The molecule has 0 aliphatic carbocycles. The van der Waals surface area contributed by atoms with Gasteiger partial charge in [-0.05, 0) is 61.2 Å². The number of benzene rings is 1. The minimum Gasteiger partial charge on any atom is -0.465 e. The molecule has 0 saturated carbocycles. The van der Waals surface area contributed by atoms with Crippen LogP contribution in [0.5, 0.6) is 0 Å². The van der Waals surface area contributed by atoms with Crippen LogP contribution in [0.3, 0.4) is 0 Å². The van der Waals surface area contributed by atoms with E-state index in [4.69, 9.17) is 20.8 Å². The van der Waals surface area contributed by atoms with Gasteiger partial charge in [-0.25, -0.2) is 14.6 Å². The molecule has 3 rings (SSSR count). The average Bonchev–Trinajstić information content (AvgIpc) is 3.21. The molecule has 1 aliphatic heterocycles. The summed E-state index contributed by atoms with van der Waals surface area (Å²) in [4.78, 5) is 30.1. The summed E-state index contributed by atoms with van der Waals surface area (Å²) in [6.45, 7) is 10.8. The first-order valence-electron chi connectivity index (χ1n) is 11.8. The zero-order valence-electron chi connectivity index (χ0n) is 21.2. The van der Waals surface area contributed by atoms with E-state index in [9.17, 15) is 14.7 Å². The summed E-state index contributed by atoms with van der Waals surface area (Å²) in [5.74, 6) is -0.396. The van der Waals surface area contributed by atoms with Crippen molar-refractivity contribution in [1.82, 2.24) is 9.88 Å².